The van der Waals surface area contributed by atoms with E-state index in [1.165, 1.54) is 22.4 Å². The van der Waals surface area contributed by atoms with Crippen molar-refractivity contribution < 1.29 is 8.42 Å². The van der Waals surface area contributed by atoms with Crippen LogP contribution in [-0.4, -0.2) is 44.7 Å². The molecule has 2 aromatic rings. The second-order valence-corrected chi connectivity index (χ2v) is 9.32. The molecule has 4 nitrogen and oxygen atoms in total. The molecule has 0 amide bonds. The molecule has 0 aromatic heterocycles. The van der Waals surface area contributed by atoms with Crippen molar-refractivity contribution in [3.8, 4) is 0 Å². The van der Waals surface area contributed by atoms with Gasteiger partial charge in [0.2, 0.25) is 10.0 Å². The molecular weight excluding hydrogens is 356 g/mol. The van der Waals surface area contributed by atoms with Gasteiger partial charge in [-0.15, -0.1) is 0 Å². The number of piperazine rings is 1. The normalized spacial score (nSPS) is 15.9. The maximum Gasteiger partial charge on any atom is 0.214 e. The van der Waals surface area contributed by atoms with E-state index >= 15 is 0 Å². The highest BCUT2D eigenvalue weighted by Gasteiger charge is 2.27. The number of sulfonamides is 1. The van der Waals surface area contributed by atoms with Crippen LogP contribution >= 0.6 is 0 Å². The third-order valence-electron chi connectivity index (χ3n) is 5.36. The number of benzene rings is 2. The molecule has 1 aliphatic rings. The van der Waals surface area contributed by atoms with Crippen LogP contribution in [0, 0.1) is 6.92 Å². The average molecular weight is 387 g/mol. The Bertz CT molecular complexity index is 842. The van der Waals surface area contributed by atoms with Gasteiger partial charge in [0.05, 0.1) is 5.75 Å². The Morgan fingerprint density at radius 2 is 1.63 bits per heavy atom. The summed E-state index contributed by atoms with van der Waals surface area (Å²) < 4.78 is 27.1. The summed E-state index contributed by atoms with van der Waals surface area (Å²) in [6.45, 7) is 6.98. The number of para-hydroxylation sites is 1. The Hall–Kier alpha value is -1.85. The molecule has 0 atom stereocenters. The van der Waals surface area contributed by atoms with E-state index in [4.69, 9.17) is 0 Å². The zero-order valence-corrected chi connectivity index (χ0v) is 17.2. The number of anilines is 1. The topological polar surface area (TPSA) is 40.6 Å². The van der Waals surface area contributed by atoms with Crippen LogP contribution < -0.4 is 4.90 Å². The monoisotopic (exact) mass is 386 g/mol. The van der Waals surface area contributed by atoms with Gasteiger partial charge in [-0.3, -0.25) is 0 Å². The molecular formula is C22H30N2O2S. The van der Waals surface area contributed by atoms with Crippen LogP contribution in [0.4, 0.5) is 5.69 Å². The van der Waals surface area contributed by atoms with Gasteiger partial charge >= 0.3 is 0 Å². The summed E-state index contributed by atoms with van der Waals surface area (Å²) in [6.07, 6.45) is 2.47. The summed E-state index contributed by atoms with van der Waals surface area (Å²) in [4.78, 5) is 2.35. The van der Waals surface area contributed by atoms with E-state index in [9.17, 15) is 8.42 Å². The van der Waals surface area contributed by atoms with Crippen LogP contribution in [0.25, 0.3) is 0 Å². The summed E-state index contributed by atoms with van der Waals surface area (Å²) >= 11 is 0. The predicted octanol–water partition coefficient (Wildman–Crippen LogP) is 3.64. The molecule has 0 N–H and O–H groups in total. The Balaban J connectivity index is 1.57. The van der Waals surface area contributed by atoms with E-state index in [0.29, 0.717) is 19.5 Å². The first-order valence-electron chi connectivity index (χ1n) is 9.86. The van der Waals surface area contributed by atoms with E-state index < -0.39 is 10.0 Å². The maximum atomic E-state index is 12.7. The summed E-state index contributed by atoms with van der Waals surface area (Å²) in [6, 6.07) is 16.5. The smallest absolute Gasteiger partial charge is 0.214 e. The van der Waals surface area contributed by atoms with E-state index in [-0.39, 0.29) is 5.75 Å². The first-order valence-corrected chi connectivity index (χ1v) is 11.5. The highest BCUT2D eigenvalue weighted by Crippen LogP contribution is 2.27. The lowest BCUT2D eigenvalue weighted by atomic mass is 10.0. The van der Waals surface area contributed by atoms with E-state index in [2.05, 4.69) is 49.1 Å². The van der Waals surface area contributed by atoms with Gasteiger partial charge in [-0.25, -0.2) is 8.42 Å². The fraction of sp³-hybridized carbons (Fsp3) is 0.455. The lowest BCUT2D eigenvalue weighted by Gasteiger charge is -2.37. The van der Waals surface area contributed by atoms with Crippen molar-refractivity contribution in [3.05, 3.63) is 65.2 Å². The van der Waals surface area contributed by atoms with Gasteiger partial charge in [-0.1, -0.05) is 55.5 Å². The van der Waals surface area contributed by atoms with Crippen LogP contribution in [0.3, 0.4) is 0 Å². The molecule has 3 rings (SSSR count). The Kier molecular flexibility index (Phi) is 6.55. The Labute approximate surface area is 163 Å². The third-order valence-corrected chi connectivity index (χ3v) is 7.32. The van der Waals surface area contributed by atoms with Gasteiger partial charge in [-0.05, 0) is 42.9 Å². The fourth-order valence-corrected chi connectivity index (χ4v) is 5.37. The highest BCUT2D eigenvalue weighted by molar-refractivity contribution is 7.89. The minimum Gasteiger partial charge on any atom is -0.368 e. The highest BCUT2D eigenvalue weighted by atomic mass is 32.2. The second-order valence-electron chi connectivity index (χ2n) is 7.23. The van der Waals surface area contributed by atoms with E-state index in [1.54, 1.807) is 4.31 Å². The molecule has 1 heterocycles. The van der Waals surface area contributed by atoms with Gasteiger partial charge in [-0.2, -0.15) is 4.31 Å². The van der Waals surface area contributed by atoms with E-state index in [0.717, 1.165) is 25.9 Å². The molecule has 0 saturated carbocycles. The van der Waals surface area contributed by atoms with Crippen molar-refractivity contribution >= 4 is 15.7 Å². The zero-order valence-electron chi connectivity index (χ0n) is 16.4. The number of aryl methyl sites for hydroxylation is 3. The third kappa shape index (κ3) is 4.90. The van der Waals surface area contributed by atoms with E-state index in [1.807, 2.05) is 18.2 Å². The molecule has 5 heteroatoms. The van der Waals surface area contributed by atoms with Crippen molar-refractivity contribution in [2.24, 2.45) is 0 Å². The second kappa shape index (κ2) is 8.89. The van der Waals surface area contributed by atoms with Crippen LogP contribution in [0.5, 0.6) is 0 Å². The summed E-state index contributed by atoms with van der Waals surface area (Å²) in [5, 5.41) is 0. The van der Waals surface area contributed by atoms with Gasteiger partial charge in [0.25, 0.3) is 0 Å². The quantitative estimate of drug-likeness (QED) is 0.729. The standard InChI is InChI=1S/C22H30N2O2S/c1-3-21-13-7-9-19(2)22(21)23-14-16-24(17-15-23)27(25,26)18-8-12-20-10-5-4-6-11-20/h4-7,9-11,13H,3,8,12,14-18H2,1-2H3. The predicted molar refractivity (Wildman–Crippen MR) is 113 cm³/mol. The number of rotatable bonds is 7. The Morgan fingerprint density at radius 1 is 0.926 bits per heavy atom. The van der Waals surface area contributed by atoms with Gasteiger partial charge in [0.15, 0.2) is 0 Å². The SMILES string of the molecule is CCc1cccc(C)c1N1CCN(S(=O)(=O)CCCc2ccccc2)CC1. The fourth-order valence-electron chi connectivity index (χ4n) is 3.88. The summed E-state index contributed by atoms with van der Waals surface area (Å²) in [5.41, 5.74) is 5.10. The molecule has 146 valence electrons. The first-order chi connectivity index (χ1) is 13.0. The number of hydrogen-bond acceptors (Lipinski definition) is 3. The Morgan fingerprint density at radius 3 is 2.30 bits per heavy atom. The van der Waals surface area contributed by atoms with Crippen molar-refractivity contribution in [1.29, 1.82) is 0 Å². The molecule has 1 saturated heterocycles. The minimum absolute atomic E-state index is 0.229. The molecule has 1 fully saturated rings. The maximum absolute atomic E-state index is 12.7. The largest absolute Gasteiger partial charge is 0.368 e. The summed E-state index contributed by atoms with van der Waals surface area (Å²) in [5.74, 6) is 0.229. The molecule has 27 heavy (non-hydrogen) atoms. The van der Waals surface area contributed by atoms with Crippen LogP contribution in [0.2, 0.25) is 0 Å². The van der Waals surface area contributed by atoms with Crippen LogP contribution in [-0.2, 0) is 22.9 Å². The van der Waals surface area contributed by atoms with Gasteiger partial charge < -0.3 is 4.90 Å². The van der Waals surface area contributed by atoms with Crippen LogP contribution in [0.15, 0.2) is 48.5 Å². The first kappa shape index (κ1) is 19.9. The van der Waals surface area contributed by atoms with Crippen molar-refractivity contribution in [3.63, 3.8) is 0 Å². The van der Waals surface area contributed by atoms with Crippen molar-refractivity contribution in [2.45, 2.75) is 33.1 Å². The number of nitrogens with zero attached hydrogens (tertiary/aromatic N) is 2. The number of hydrogen-bond donors (Lipinski definition) is 0. The summed E-state index contributed by atoms with van der Waals surface area (Å²) in [7, 11) is -3.18. The molecule has 2 aromatic carbocycles. The zero-order chi connectivity index (χ0) is 19.3. The van der Waals surface area contributed by atoms with Gasteiger partial charge in [0, 0.05) is 31.9 Å². The molecule has 1 aliphatic heterocycles. The van der Waals surface area contributed by atoms with Crippen molar-refractivity contribution in [2.75, 3.05) is 36.8 Å². The van der Waals surface area contributed by atoms with Gasteiger partial charge in [0.1, 0.15) is 0 Å². The molecule has 0 bridgehead atoms. The lowest BCUT2D eigenvalue weighted by molar-refractivity contribution is 0.384. The molecule has 0 spiro atoms. The van der Waals surface area contributed by atoms with Crippen molar-refractivity contribution in [1.82, 2.24) is 4.31 Å². The lowest BCUT2D eigenvalue weighted by Crippen LogP contribution is -2.49. The average Bonchev–Trinajstić information content (AvgIpc) is 2.68. The molecule has 0 unspecified atom stereocenters. The molecule has 0 aliphatic carbocycles. The molecule has 0 radical (unpaired) electrons. The van der Waals surface area contributed by atoms with Crippen LogP contribution in [0.1, 0.15) is 30.0 Å². The minimum atomic E-state index is -3.18.